The fourth-order valence-electron chi connectivity index (χ4n) is 1.60. The second-order valence-electron chi connectivity index (χ2n) is 3.45. The fraction of sp³-hybridized carbons (Fsp3) is 0.167. The molecule has 0 aliphatic carbocycles. The molecule has 0 radical (unpaired) electrons. The Kier molecular flexibility index (Phi) is 3.06. The molecule has 0 atom stereocenters. The normalized spacial score (nSPS) is 10.4. The van der Waals surface area contributed by atoms with Crippen LogP contribution in [0.2, 0.25) is 5.02 Å². The molecule has 2 aromatic rings. The van der Waals surface area contributed by atoms with Gasteiger partial charge in [-0.05, 0) is 35.2 Å². The van der Waals surface area contributed by atoms with Crippen LogP contribution in [0, 0.1) is 0 Å². The Bertz CT molecular complexity index is 563. The van der Waals surface area contributed by atoms with E-state index in [9.17, 15) is 4.79 Å². The fourth-order valence-corrected chi connectivity index (χ4v) is 1.77. The van der Waals surface area contributed by atoms with Gasteiger partial charge in [0.1, 0.15) is 5.02 Å². The van der Waals surface area contributed by atoms with Gasteiger partial charge in [0.25, 0.3) is 5.56 Å². The van der Waals surface area contributed by atoms with Crippen molar-refractivity contribution in [3.05, 3.63) is 51.7 Å². The number of halogens is 1. The van der Waals surface area contributed by atoms with Crippen LogP contribution in [-0.2, 0) is 6.42 Å². The molecule has 0 unspecified atom stereocenters. The number of H-pyrrole nitrogens is 1. The van der Waals surface area contributed by atoms with Crippen molar-refractivity contribution in [3.63, 3.8) is 0 Å². The van der Waals surface area contributed by atoms with E-state index in [4.69, 9.17) is 11.6 Å². The van der Waals surface area contributed by atoms with Crippen LogP contribution in [0.15, 0.2) is 35.5 Å². The molecule has 0 fully saturated rings. The molecule has 3 nitrogen and oxygen atoms in total. The number of nitrogens with zero attached hydrogens (tertiary/aromatic N) is 1. The maximum absolute atomic E-state index is 11.2. The maximum Gasteiger partial charge on any atom is 0.266 e. The van der Waals surface area contributed by atoms with Crippen molar-refractivity contribution in [1.82, 2.24) is 9.97 Å². The SMILES string of the molecule is CCc1cnccc1-c1c[nH]c(=O)c(Cl)c1. The lowest BCUT2D eigenvalue weighted by Crippen LogP contribution is -2.05. The highest BCUT2D eigenvalue weighted by molar-refractivity contribution is 6.30. The second-order valence-corrected chi connectivity index (χ2v) is 3.86. The summed E-state index contributed by atoms with van der Waals surface area (Å²) in [5.41, 5.74) is 2.82. The molecule has 0 aromatic carbocycles. The van der Waals surface area contributed by atoms with Crippen LogP contribution in [-0.4, -0.2) is 9.97 Å². The third-order valence-electron chi connectivity index (χ3n) is 2.45. The Hall–Kier alpha value is -1.61. The molecule has 82 valence electrons. The van der Waals surface area contributed by atoms with Gasteiger partial charge in [0.2, 0.25) is 0 Å². The Balaban J connectivity index is 2.58. The number of aromatic nitrogens is 2. The van der Waals surface area contributed by atoms with E-state index in [1.54, 1.807) is 18.5 Å². The molecule has 0 bridgehead atoms. The number of nitrogens with one attached hydrogen (secondary N) is 1. The highest BCUT2D eigenvalue weighted by Gasteiger charge is 2.05. The summed E-state index contributed by atoms with van der Waals surface area (Å²) in [6.45, 7) is 2.06. The molecular formula is C12H11ClN2O. The standard InChI is InChI=1S/C12H11ClN2O/c1-2-8-6-14-4-3-10(8)9-5-11(13)12(16)15-7-9/h3-7H,2H2,1H3,(H,15,16). The minimum Gasteiger partial charge on any atom is -0.327 e. The van der Waals surface area contributed by atoms with Crippen LogP contribution in [0.5, 0.6) is 0 Å². The molecule has 0 saturated heterocycles. The van der Waals surface area contributed by atoms with Crippen molar-refractivity contribution in [2.75, 3.05) is 0 Å². The Morgan fingerprint density at radius 1 is 1.50 bits per heavy atom. The van der Waals surface area contributed by atoms with Gasteiger partial charge in [-0.15, -0.1) is 0 Å². The van der Waals surface area contributed by atoms with E-state index in [-0.39, 0.29) is 10.6 Å². The average Bonchev–Trinajstić information content (AvgIpc) is 2.32. The minimum atomic E-state index is -0.266. The quantitative estimate of drug-likeness (QED) is 0.868. The molecular weight excluding hydrogens is 224 g/mol. The summed E-state index contributed by atoms with van der Waals surface area (Å²) in [4.78, 5) is 17.8. The molecule has 0 aliphatic rings. The Morgan fingerprint density at radius 3 is 3.00 bits per heavy atom. The lowest BCUT2D eigenvalue weighted by atomic mass is 10.0. The van der Waals surface area contributed by atoms with Gasteiger partial charge in [0.05, 0.1) is 0 Å². The Labute approximate surface area is 98.1 Å². The third-order valence-corrected chi connectivity index (χ3v) is 2.73. The topological polar surface area (TPSA) is 45.8 Å². The summed E-state index contributed by atoms with van der Waals surface area (Å²) in [7, 11) is 0. The van der Waals surface area contributed by atoms with Crippen molar-refractivity contribution in [1.29, 1.82) is 0 Å². The molecule has 0 spiro atoms. The lowest BCUT2D eigenvalue weighted by molar-refractivity contribution is 1.10. The van der Waals surface area contributed by atoms with Crippen LogP contribution in [0.3, 0.4) is 0 Å². The molecule has 0 amide bonds. The molecule has 16 heavy (non-hydrogen) atoms. The zero-order valence-corrected chi connectivity index (χ0v) is 9.58. The molecule has 4 heteroatoms. The van der Waals surface area contributed by atoms with E-state index < -0.39 is 0 Å². The molecule has 2 aromatic heterocycles. The van der Waals surface area contributed by atoms with Gasteiger partial charge < -0.3 is 4.98 Å². The van der Waals surface area contributed by atoms with Crippen molar-refractivity contribution in [3.8, 4) is 11.1 Å². The lowest BCUT2D eigenvalue weighted by Gasteiger charge is -2.06. The summed E-state index contributed by atoms with van der Waals surface area (Å²) in [5.74, 6) is 0. The molecule has 2 rings (SSSR count). The Morgan fingerprint density at radius 2 is 2.31 bits per heavy atom. The molecule has 1 N–H and O–H groups in total. The number of aromatic amines is 1. The summed E-state index contributed by atoms with van der Waals surface area (Å²) in [6, 6.07) is 3.59. The highest BCUT2D eigenvalue weighted by Crippen LogP contribution is 2.23. The van der Waals surface area contributed by atoms with E-state index >= 15 is 0 Å². The molecule has 2 heterocycles. The van der Waals surface area contributed by atoms with Gasteiger partial charge in [-0.1, -0.05) is 18.5 Å². The summed E-state index contributed by atoms with van der Waals surface area (Å²) in [5, 5.41) is 0.205. The van der Waals surface area contributed by atoms with Crippen molar-refractivity contribution in [2.24, 2.45) is 0 Å². The van der Waals surface area contributed by atoms with Crippen LogP contribution < -0.4 is 5.56 Å². The van der Waals surface area contributed by atoms with E-state index in [0.717, 1.165) is 23.1 Å². The maximum atomic E-state index is 11.2. The summed E-state index contributed by atoms with van der Waals surface area (Å²) < 4.78 is 0. The van der Waals surface area contributed by atoms with E-state index in [1.165, 1.54) is 0 Å². The second kappa shape index (κ2) is 4.49. The summed E-state index contributed by atoms with van der Waals surface area (Å²) in [6.07, 6.45) is 6.12. The number of aryl methyl sites for hydroxylation is 1. The average molecular weight is 235 g/mol. The largest absolute Gasteiger partial charge is 0.327 e. The van der Waals surface area contributed by atoms with Gasteiger partial charge in [-0.2, -0.15) is 0 Å². The van der Waals surface area contributed by atoms with Crippen LogP contribution in [0.1, 0.15) is 12.5 Å². The van der Waals surface area contributed by atoms with E-state index in [0.29, 0.717) is 0 Å². The van der Waals surface area contributed by atoms with Crippen molar-refractivity contribution >= 4 is 11.6 Å². The van der Waals surface area contributed by atoms with Gasteiger partial charge in [0.15, 0.2) is 0 Å². The van der Waals surface area contributed by atoms with Crippen molar-refractivity contribution in [2.45, 2.75) is 13.3 Å². The number of hydrogen-bond acceptors (Lipinski definition) is 2. The molecule has 0 aliphatic heterocycles. The van der Waals surface area contributed by atoms with Crippen LogP contribution >= 0.6 is 11.6 Å². The van der Waals surface area contributed by atoms with Crippen LogP contribution in [0.4, 0.5) is 0 Å². The highest BCUT2D eigenvalue weighted by atomic mass is 35.5. The van der Waals surface area contributed by atoms with Gasteiger partial charge in [-0.25, -0.2) is 0 Å². The van der Waals surface area contributed by atoms with Crippen LogP contribution in [0.25, 0.3) is 11.1 Å². The van der Waals surface area contributed by atoms with E-state index in [1.807, 2.05) is 12.3 Å². The first-order valence-corrected chi connectivity index (χ1v) is 5.41. The predicted molar refractivity (Wildman–Crippen MR) is 64.7 cm³/mol. The zero-order chi connectivity index (χ0) is 11.5. The number of rotatable bonds is 2. The summed E-state index contributed by atoms with van der Waals surface area (Å²) >= 11 is 5.80. The predicted octanol–water partition coefficient (Wildman–Crippen LogP) is 2.65. The minimum absolute atomic E-state index is 0.205. The first kappa shape index (κ1) is 10.9. The van der Waals surface area contributed by atoms with Gasteiger partial charge >= 0.3 is 0 Å². The van der Waals surface area contributed by atoms with Crippen molar-refractivity contribution < 1.29 is 0 Å². The van der Waals surface area contributed by atoms with Gasteiger partial charge in [-0.3, -0.25) is 9.78 Å². The smallest absolute Gasteiger partial charge is 0.266 e. The zero-order valence-electron chi connectivity index (χ0n) is 8.83. The third kappa shape index (κ3) is 1.99. The number of pyridine rings is 2. The monoisotopic (exact) mass is 234 g/mol. The van der Waals surface area contributed by atoms with Gasteiger partial charge in [0, 0.05) is 18.6 Å². The first-order valence-electron chi connectivity index (χ1n) is 5.04. The number of hydrogen-bond donors (Lipinski definition) is 1. The van der Waals surface area contributed by atoms with E-state index in [2.05, 4.69) is 16.9 Å². The first-order chi connectivity index (χ1) is 7.72. The molecule has 0 saturated carbocycles.